The molecule has 1 aliphatic rings. The van der Waals surface area contributed by atoms with Gasteiger partial charge in [-0.25, -0.2) is 0 Å². The Morgan fingerprint density at radius 3 is 2.59 bits per heavy atom. The van der Waals surface area contributed by atoms with Crippen LogP contribution in [0.3, 0.4) is 0 Å². The van der Waals surface area contributed by atoms with Crippen LogP contribution in [0.1, 0.15) is 17.2 Å². The molecule has 1 aliphatic heterocycles. The van der Waals surface area contributed by atoms with E-state index in [4.69, 9.17) is 23.2 Å². The first-order chi connectivity index (χ1) is 10.7. The average molecular weight is 337 g/mol. The van der Waals surface area contributed by atoms with E-state index < -0.39 is 0 Å². The number of aliphatic hydroxyl groups is 1. The summed E-state index contributed by atoms with van der Waals surface area (Å²) in [7, 11) is 0. The van der Waals surface area contributed by atoms with Gasteiger partial charge in [-0.3, -0.25) is 0 Å². The van der Waals surface area contributed by atoms with E-state index in [0.29, 0.717) is 5.02 Å². The molecule has 2 aromatic carbocycles. The van der Waals surface area contributed by atoms with E-state index in [1.165, 1.54) is 5.56 Å². The lowest BCUT2D eigenvalue weighted by molar-refractivity contribution is 0.282. The molecule has 116 valence electrons. The molecule has 0 amide bonds. The van der Waals surface area contributed by atoms with Gasteiger partial charge in [0, 0.05) is 24.7 Å². The third-order valence-corrected chi connectivity index (χ3v) is 4.56. The van der Waals surface area contributed by atoms with E-state index >= 15 is 0 Å². The van der Waals surface area contributed by atoms with Crippen LogP contribution in [-0.4, -0.2) is 24.7 Å². The third kappa shape index (κ3) is 3.23. The number of rotatable bonds is 3. The van der Waals surface area contributed by atoms with Crippen molar-refractivity contribution in [1.29, 1.82) is 0 Å². The predicted molar refractivity (Wildman–Crippen MR) is 91.8 cm³/mol. The quantitative estimate of drug-likeness (QED) is 0.898. The predicted octanol–water partition coefficient (Wildman–Crippen LogP) is 3.64. The molecule has 5 heteroatoms. The van der Waals surface area contributed by atoms with Gasteiger partial charge in [-0.1, -0.05) is 41.4 Å². The van der Waals surface area contributed by atoms with Gasteiger partial charge in [-0.05, 0) is 35.4 Å². The van der Waals surface area contributed by atoms with Gasteiger partial charge in [0.1, 0.15) is 0 Å². The van der Waals surface area contributed by atoms with Crippen molar-refractivity contribution in [2.24, 2.45) is 0 Å². The summed E-state index contributed by atoms with van der Waals surface area (Å²) >= 11 is 12.4. The standard InChI is InChI=1S/C17H18Cl2N2O/c18-14-4-2-13(3-5-14)17-10-20-7-8-21(17)16-6-1-12(11-22)9-15(16)19/h1-6,9,17,20,22H,7-8,10-11H2/t17-/m0/s1. The van der Waals surface area contributed by atoms with Crippen LogP contribution in [0, 0.1) is 0 Å². The lowest BCUT2D eigenvalue weighted by atomic mass is 10.0. The summed E-state index contributed by atoms with van der Waals surface area (Å²) in [4.78, 5) is 2.31. The van der Waals surface area contributed by atoms with Crippen molar-refractivity contribution in [3.8, 4) is 0 Å². The minimum Gasteiger partial charge on any atom is -0.392 e. The Bertz CT molecular complexity index is 646. The normalized spacial score (nSPS) is 18.5. The van der Waals surface area contributed by atoms with E-state index in [1.807, 2.05) is 30.3 Å². The van der Waals surface area contributed by atoms with Gasteiger partial charge >= 0.3 is 0 Å². The SMILES string of the molecule is OCc1ccc(N2CCNC[C@H]2c2ccc(Cl)cc2)c(Cl)c1. The van der Waals surface area contributed by atoms with Gasteiger partial charge < -0.3 is 15.3 Å². The number of nitrogens with one attached hydrogen (secondary N) is 1. The zero-order valence-electron chi connectivity index (χ0n) is 12.1. The van der Waals surface area contributed by atoms with Crippen molar-refractivity contribution >= 4 is 28.9 Å². The molecule has 3 nitrogen and oxygen atoms in total. The summed E-state index contributed by atoms with van der Waals surface area (Å²) in [6.07, 6.45) is 0. The molecule has 2 aromatic rings. The highest BCUT2D eigenvalue weighted by molar-refractivity contribution is 6.33. The highest BCUT2D eigenvalue weighted by Gasteiger charge is 2.25. The molecule has 0 aliphatic carbocycles. The minimum absolute atomic E-state index is 0.00215. The van der Waals surface area contributed by atoms with Crippen LogP contribution in [0.25, 0.3) is 0 Å². The molecular formula is C17H18Cl2N2O. The fourth-order valence-corrected chi connectivity index (χ4v) is 3.29. The summed E-state index contributed by atoms with van der Waals surface area (Å²) in [6.45, 7) is 2.66. The van der Waals surface area contributed by atoms with Crippen LogP contribution in [0.4, 0.5) is 5.69 Å². The number of benzene rings is 2. The number of hydrogen-bond acceptors (Lipinski definition) is 3. The maximum Gasteiger partial charge on any atom is 0.0682 e. The Hall–Kier alpha value is -1.26. The van der Waals surface area contributed by atoms with Gasteiger partial charge in [0.2, 0.25) is 0 Å². The molecule has 1 saturated heterocycles. The lowest BCUT2D eigenvalue weighted by Crippen LogP contribution is -2.46. The summed E-state index contributed by atoms with van der Waals surface area (Å²) in [5.74, 6) is 0. The highest BCUT2D eigenvalue weighted by atomic mass is 35.5. The van der Waals surface area contributed by atoms with Crippen LogP contribution < -0.4 is 10.2 Å². The smallest absolute Gasteiger partial charge is 0.0682 e. The second kappa shape index (κ2) is 6.88. The monoisotopic (exact) mass is 336 g/mol. The number of piperazine rings is 1. The number of anilines is 1. The Labute approximate surface area is 140 Å². The van der Waals surface area contributed by atoms with Crippen LogP contribution in [0.2, 0.25) is 10.0 Å². The molecule has 0 bridgehead atoms. The van der Waals surface area contributed by atoms with Gasteiger partial charge in [-0.2, -0.15) is 0 Å². The average Bonchev–Trinajstić information content (AvgIpc) is 2.55. The number of halogens is 2. The van der Waals surface area contributed by atoms with Crippen LogP contribution in [0.15, 0.2) is 42.5 Å². The topological polar surface area (TPSA) is 35.5 Å². The third-order valence-electron chi connectivity index (χ3n) is 4.00. The molecule has 1 atom stereocenters. The molecule has 22 heavy (non-hydrogen) atoms. The first-order valence-corrected chi connectivity index (χ1v) is 8.07. The van der Waals surface area contributed by atoms with Crippen LogP contribution in [0.5, 0.6) is 0 Å². The zero-order chi connectivity index (χ0) is 15.5. The van der Waals surface area contributed by atoms with E-state index in [-0.39, 0.29) is 12.6 Å². The number of aliphatic hydroxyl groups excluding tert-OH is 1. The maximum absolute atomic E-state index is 9.22. The van der Waals surface area contributed by atoms with E-state index in [1.54, 1.807) is 0 Å². The van der Waals surface area contributed by atoms with Crippen molar-refractivity contribution in [2.45, 2.75) is 12.6 Å². The lowest BCUT2D eigenvalue weighted by Gasteiger charge is -2.39. The van der Waals surface area contributed by atoms with Crippen molar-refractivity contribution in [1.82, 2.24) is 5.32 Å². The van der Waals surface area contributed by atoms with Crippen LogP contribution in [-0.2, 0) is 6.61 Å². The van der Waals surface area contributed by atoms with E-state index in [0.717, 1.165) is 35.9 Å². The molecular weight excluding hydrogens is 319 g/mol. The Morgan fingerprint density at radius 2 is 1.91 bits per heavy atom. The van der Waals surface area contributed by atoms with Crippen molar-refractivity contribution in [2.75, 3.05) is 24.5 Å². The second-order valence-corrected chi connectivity index (χ2v) is 6.25. The summed E-state index contributed by atoms with van der Waals surface area (Å²) < 4.78 is 0. The van der Waals surface area contributed by atoms with Gasteiger partial charge in [-0.15, -0.1) is 0 Å². The van der Waals surface area contributed by atoms with Crippen molar-refractivity contribution in [3.05, 3.63) is 63.6 Å². The van der Waals surface area contributed by atoms with Crippen molar-refractivity contribution in [3.63, 3.8) is 0 Å². The molecule has 0 spiro atoms. The van der Waals surface area contributed by atoms with E-state index in [9.17, 15) is 5.11 Å². The first-order valence-electron chi connectivity index (χ1n) is 7.31. The first kappa shape index (κ1) is 15.6. The number of nitrogens with zero attached hydrogens (tertiary/aromatic N) is 1. The van der Waals surface area contributed by atoms with E-state index in [2.05, 4.69) is 22.3 Å². The second-order valence-electron chi connectivity index (χ2n) is 5.41. The molecule has 0 aromatic heterocycles. The highest BCUT2D eigenvalue weighted by Crippen LogP contribution is 2.34. The summed E-state index contributed by atoms with van der Waals surface area (Å²) in [5.41, 5.74) is 3.03. The van der Waals surface area contributed by atoms with Gasteiger partial charge in [0.25, 0.3) is 0 Å². The Morgan fingerprint density at radius 1 is 1.14 bits per heavy atom. The molecule has 0 radical (unpaired) electrons. The Kier molecular flexibility index (Phi) is 4.89. The fraction of sp³-hybridized carbons (Fsp3) is 0.294. The maximum atomic E-state index is 9.22. The van der Waals surface area contributed by atoms with Crippen molar-refractivity contribution < 1.29 is 5.11 Å². The molecule has 2 N–H and O–H groups in total. The summed E-state index contributed by atoms with van der Waals surface area (Å²) in [5, 5.41) is 14.1. The van der Waals surface area contributed by atoms with Gasteiger partial charge in [0.05, 0.1) is 23.4 Å². The Balaban J connectivity index is 1.94. The molecule has 0 saturated carbocycles. The molecule has 0 unspecified atom stereocenters. The molecule has 1 heterocycles. The summed E-state index contributed by atoms with van der Waals surface area (Å²) in [6, 6.07) is 13.9. The zero-order valence-corrected chi connectivity index (χ0v) is 13.6. The van der Waals surface area contributed by atoms with Crippen LogP contribution >= 0.6 is 23.2 Å². The van der Waals surface area contributed by atoms with Gasteiger partial charge in [0.15, 0.2) is 0 Å². The minimum atomic E-state index is 0.00215. The molecule has 3 rings (SSSR count). The molecule has 1 fully saturated rings. The number of hydrogen-bond donors (Lipinski definition) is 2. The fourth-order valence-electron chi connectivity index (χ4n) is 2.86. The largest absolute Gasteiger partial charge is 0.392 e.